The molecule has 0 N–H and O–H groups in total. The number of halogens is 1. The van der Waals surface area contributed by atoms with E-state index < -0.39 is 24.5 Å². The van der Waals surface area contributed by atoms with E-state index in [2.05, 4.69) is 9.99 Å². The quantitative estimate of drug-likeness (QED) is 0.401. The Hall–Kier alpha value is -3.39. The van der Waals surface area contributed by atoms with Gasteiger partial charge in [0.15, 0.2) is 6.61 Å². The van der Waals surface area contributed by atoms with Crippen LogP contribution in [0.25, 0.3) is 17.4 Å². The zero-order valence-electron chi connectivity index (χ0n) is 15.6. The highest BCUT2D eigenvalue weighted by molar-refractivity contribution is 6.33. The van der Waals surface area contributed by atoms with Gasteiger partial charge in [-0.3, -0.25) is 0 Å². The number of carbonyl (C=O) groups is 3. The Morgan fingerprint density at radius 1 is 1.21 bits per heavy atom. The average molecular weight is 418 g/mol. The van der Waals surface area contributed by atoms with Crippen molar-refractivity contribution >= 4 is 41.3 Å². The molecule has 1 aliphatic heterocycles. The Morgan fingerprint density at radius 3 is 2.69 bits per heavy atom. The van der Waals surface area contributed by atoms with Gasteiger partial charge in [0.1, 0.15) is 11.5 Å². The number of furan rings is 1. The summed E-state index contributed by atoms with van der Waals surface area (Å²) in [5.74, 6) is -1.13. The fraction of sp³-hybridized carbons (Fsp3) is 0.200. The number of rotatable bonds is 6. The number of nitrogens with zero attached hydrogens (tertiary/aromatic N) is 1. The molecule has 0 saturated heterocycles. The van der Waals surface area contributed by atoms with E-state index in [1.165, 1.54) is 18.2 Å². The van der Waals surface area contributed by atoms with Gasteiger partial charge in [-0.2, -0.15) is 0 Å². The van der Waals surface area contributed by atoms with Crippen LogP contribution in [-0.4, -0.2) is 36.8 Å². The van der Waals surface area contributed by atoms with Crippen molar-refractivity contribution in [3.63, 3.8) is 0 Å². The van der Waals surface area contributed by atoms with E-state index in [0.29, 0.717) is 28.4 Å². The molecule has 3 rings (SSSR count). The van der Waals surface area contributed by atoms with Gasteiger partial charge in [-0.25, -0.2) is 14.4 Å². The van der Waals surface area contributed by atoms with Gasteiger partial charge in [0.25, 0.3) is 0 Å². The smallest absolute Gasteiger partial charge is 0.367 e. The van der Waals surface area contributed by atoms with Crippen molar-refractivity contribution in [2.24, 2.45) is 5.16 Å². The van der Waals surface area contributed by atoms with Crippen molar-refractivity contribution in [1.29, 1.82) is 0 Å². The zero-order chi connectivity index (χ0) is 21.0. The predicted molar refractivity (Wildman–Crippen MR) is 103 cm³/mol. The first-order valence-electron chi connectivity index (χ1n) is 8.59. The Morgan fingerprint density at radius 2 is 2.00 bits per heavy atom. The molecule has 0 spiro atoms. The summed E-state index contributed by atoms with van der Waals surface area (Å²) in [5.41, 5.74) is 1.38. The molecule has 29 heavy (non-hydrogen) atoms. The highest BCUT2D eigenvalue weighted by atomic mass is 35.5. The van der Waals surface area contributed by atoms with Crippen LogP contribution in [0.5, 0.6) is 0 Å². The molecule has 1 aromatic carbocycles. The number of ether oxygens (including phenoxy) is 2. The molecule has 0 radical (unpaired) electrons. The minimum Gasteiger partial charge on any atom is -0.463 e. The monoisotopic (exact) mass is 417 g/mol. The summed E-state index contributed by atoms with van der Waals surface area (Å²) >= 11 is 6.08. The topological polar surface area (TPSA) is 104 Å². The van der Waals surface area contributed by atoms with Crippen LogP contribution in [0.4, 0.5) is 0 Å². The van der Waals surface area contributed by atoms with Gasteiger partial charge in [0, 0.05) is 5.56 Å². The van der Waals surface area contributed by atoms with Crippen LogP contribution < -0.4 is 0 Å². The maximum absolute atomic E-state index is 12.2. The van der Waals surface area contributed by atoms with Crippen LogP contribution in [0, 0.1) is 0 Å². The van der Waals surface area contributed by atoms with Crippen LogP contribution in [0.1, 0.15) is 30.0 Å². The minimum atomic E-state index is -0.765. The van der Waals surface area contributed by atoms with Crippen LogP contribution >= 0.6 is 11.6 Å². The number of hydrogen-bond acceptors (Lipinski definition) is 8. The van der Waals surface area contributed by atoms with Crippen LogP contribution in [-0.2, 0) is 23.9 Å². The Bertz CT molecular complexity index is 1040. The van der Waals surface area contributed by atoms with Crippen molar-refractivity contribution in [2.75, 3.05) is 13.2 Å². The highest BCUT2D eigenvalue weighted by Gasteiger charge is 2.22. The summed E-state index contributed by atoms with van der Waals surface area (Å²) < 4.78 is 15.4. The van der Waals surface area contributed by atoms with E-state index in [-0.39, 0.29) is 17.2 Å². The van der Waals surface area contributed by atoms with Gasteiger partial charge in [0.05, 0.1) is 28.5 Å². The predicted octanol–water partition coefficient (Wildman–Crippen LogP) is 3.64. The Kier molecular flexibility index (Phi) is 6.13. The number of hydrogen-bond donors (Lipinski definition) is 0. The van der Waals surface area contributed by atoms with Gasteiger partial charge < -0.3 is 18.7 Å². The van der Waals surface area contributed by atoms with Crippen molar-refractivity contribution in [1.82, 2.24) is 0 Å². The number of esters is 2. The standard InChI is InChI=1S/C20H16ClNO7/c1-3-26-18(23)10-27-19(24)15-8-12(4-6-16(15)21)17-7-5-13(28-17)9-14-11(2)22-29-20(14)25/h4-9H,3,10H2,1-2H3/b14-9-. The van der Waals surface area contributed by atoms with E-state index in [4.69, 9.17) is 25.5 Å². The molecule has 0 aliphatic carbocycles. The second kappa shape index (κ2) is 8.74. The third kappa shape index (κ3) is 4.72. The molecule has 0 fully saturated rings. The molecular formula is C20H16ClNO7. The summed E-state index contributed by atoms with van der Waals surface area (Å²) in [6.45, 7) is 2.97. The summed E-state index contributed by atoms with van der Waals surface area (Å²) in [4.78, 5) is 39.8. The van der Waals surface area contributed by atoms with Crippen molar-refractivity contribution in [2.45, 2.75) is 13.8 Å². The lowest BCUT2D eigenvalue weighted by molar-refractivity contribution is -0.146. The first kappa shape index (κ1) is 20.3. The maximum Gasteiger partial charge on any atom is 0.367 e. The lowest BCUT2D eigenvalue weighted by Crippen LogP contribution is -2.16. The molecule has 2 heterocycles. The normalized spacial score (nSPS) is 14.5. The maximum atomic E-state index is 12.2. The number of oxime groups is 1. The average Bonchev–Trinajstić information content (AvgIpc) is 3.29. The van der Waals surface area contributed by atoms with Crippen LogP contribution in [0.3, 0.4) is 0 Å². The van der Waals surface area contributed by atoms with E-state index in [0.717, 1.165) is 0 Å². The Balaban J connectivity index is 1.80. The fourth-order valence-electron chi connectivity index (χ4n) is 2.49. The van der Waals surface area contributed by atoms with E-state index in [9.17, 15) is 14.4 Å². The third-order valence-corrected chi connectivity index (χ3v) is 4.22. The third-order valence-electron chi connectivity index (χ3n) is 3.89. The SMILES string of the molecule is CCOC(=O)COC(=O)c1cc(-c2ccc(/C=C3\C(=O)ON=C3C)o2)ccc1Cl. The van der Waals surface area contributed by atoms with E-state index >= 15 is 0 Å². The first-order valence-corrected chi connectivity index (χ1v) is 8.97. The number of carbonyl (C=O) groups excluding carboxylic acids is 3. The van der Waals surface area contributed by atoms with Crippen molar-refractivity contribution in [3.8, 4) is 11.3 Å². The zero-order valence-corrected chi connectivity index (χ0v) is 16.3. The molecule has 1 aromatic heterocycles. The summed E-state index contributed by atoms with van der Waals surface area (Å²) in [6, 6.07) is 8.01. The molecule has 0 atom stereocenters. The first-order chi connectivity index (χ1) is 13.9. The molecule has 150 valence electrons. The van der Waals surface area contributed by atoms with E-state index in [1.807, 2.05) is 0 Å². The van der Waals surface area contributed by atoms with Crippen molar-refractivity contribution in [3.05, 3.63) is 52.3 Å². The molecule has 0 saturated carbocycles. The van der Waals surface area contributed by atoms with Gasteiger partial charge in [-0.15, -0.1) is 0 Å². The van der Waals surface area contributed by atoms with Gasteiger partial charge in [-0.1, -0.05) is 16.8 Å². The van der Waals surface area contributed by atoms with Crippen LogP contribution in [0.15, 0.2) is 45.5 Å². The van der Waals surface area contributed by atoms with Gasteiger partial charge in [0.2, 0.25) is 0 Å². The molecule has 8 nitrogen and oxygen atoms in total. The fourth-order valence-corrected chi connectivity index (χ4v) is 2.68. The largest absolute Gasteiger partial charge is 0.463 e. The molecule has 1 aliphatic rings. The summed E-state index contributed by atoms with van der Waals surface area (Å²) in [5, 5.41) is 3.76. The molecule has 2 aromatic rings. The van der Waals surface area contributed by atoms with Gasteiger partial charge in [-0.05, 0) is 50.3 Å². The summed E-state index contributed by atoms with van der Waals surface area (Å²) in [6.07, 6.45) is 1.52. The molecule has 0 bridgehead atoms. The molecule has 0 amide bonds. The van der Waals surface area contributed by atoms with E-state index in [1.54, 1.807) is 32.0 Å². The molecule has 0 unspecified atom stereocenters. The lowest BCUT2D eigenvalue weighted by atomic mass is 10.1. The highest BCUT2D eigenvalue weighted by Crippen LogP contribution is 2.28. The molecule has 9 heteroatoms. The Labute approximate surface area is 170 Å². The van der Waals surface area contributed by atoms with Gasteiger partial charge >= 0.3 is 17.9 Å². The van der Waals surface area contributed by atoms with Crippen LogP contribution in [0.2, 0.25) is 5.02 Å². The summed E-state index contributed by atoms with van der Waals surface area (Å²) in [7, 11) is 0. The number of benzene rings is 1. The van der Waals surface area contributed by atoms with Crippen molar-refractivity contribution < 1.29 is 33.1 Å². The second-order valence-corrected chi connectivity index (χ2v) is 6.30. The minimum absolute atomic E-state index is 0.0760. The second-order valence-electron chi connectivity index (χ2n) is 5.89. The molecular weight excluding hydrogens is 402 g/mol. The lowest BCUT2D eigenvalue weighted by Gasteiger charge is -2.07.